The Bertz CT molecular complexity index is 4220. The molecule has 10 nitrogen and oxygen atoms in total. The smallest absolute Gasteiger partial charge is 0.186 e. The van der Waals surface area contributed by atoms with Crippen LogP contribution in [0.5, 0.6) is 0 Å². The Hall–Kier alpha value is -9.28. The quantitative estimate of drug-likeness (QED) is 0.166. The SMILES string of the molecule is Cc1cccc(C)c1-c1cccc2c1-c1nc-2nc2[nH]c(nc3nc(nc4[nH]c(n1)c1cccc(-c5c(C)cccc5C)c41)-c1cccc(C4=CC(=O)C=CC4=O)c1-3)c1cccc(-c3c(C)cccc3C)c21. The van der Waals surface area contributed by atoms with Crippen molar-refractivity contribution in [1.29, 1.82) is 0 Å². The summed E-state index contributed by atoms with van der Waals surface area (Å²) < 4.78 is 0. The first kappa shape index (κ1) is 42.8. The molecule has 2 aliphatic heterocycles. The summed E-state index contributed by atoms with van der Waals surface area (Å²) in [4.78, 5) is 66.6. The van der Waals surface area contributed by atoms with E-state index in [9.17, 15) is 9.59 Å². The number of hydrogen-bond donors (Lipinski definition) is 2. The molecule has 8 bridgehead atoms. The second-order valence-corrected chi connectivity index (χ2v) is 19.0. The Labute approximate surface area is 414 Å². The van der Waals surface area contributed by atoms with Gasteiger partial charge in [0, 0.05) is 49.4 Å². The van der Waals surface area contributed by atoms with Crippen LogP contribution in [0.3, 0.4) is 0 Å². The van der Waals surface area contributed by atoms with Gasteiger partial charge in [-0.05, 0) is 132 Å². The third-order valence-corrected chi connectivity index (χ3v) is 14.4. The van der Waals surface area contributed by atoms with Gasteiger partial charge in [-0.15, -0.1) is 0 Å². The number of nitrogens with zero attached hydrogens (tertiary/aromatic N) is 6. The summed E-state index contributed by atoms with van der Waals surface area (Å²) >= 11 is 0. The van der Waals surface area contributed by atoms with Crippen molar-refractivity contribution < 1.29 is 9.59 Å². The Morgan fingerprint density at radius 2 is 0.694 bits per heavy atom. The molecule has 0 unspecified atom stereocenters. The zero-order valence-electron chi connectivity index (χ0n) is 40.4. The van der Waals surface area contributed by atoms with Gasteiger partial charge in [0.1, 0.15) is 22.6 Å². The van der Waals surface area contributed by atoms with Crippen LogP contribution >= 0.6 is 0 Å². The molecule has 0 amide bonds. The van der Waals surface area contributed by atoms with E-state index >= 15 is 0 Å². The summed E-state index contributed by atoms with van der Waals surface area (Å²) in [6.45, 7) is 12.8. The second-order valence-electron chi connectivity index (χ2n) is 19.0. The lowest BCUT2D eigenvalue weighted by Crippen LogP contribution is -2.07. The number of rotatable bonds is 4. The predicted molar refractivity (Wildman–Crippen MR) is 288 cm³/mol. The van der Waals surface area contributed by atoms with E-state index in [-0.39, 0.29) is 17.1 Å². The van der Waals surface area contributed by atoms with Crippen LogP contribution in [0, 0.1) is 41.5 Å². The van der Waals surface area contributed by atoms with Crippen molar-refractivity contribution in [3.8, 4) is 78.9 Å². The average molecular weight is 933 g/mol. The topological polar surface area (TPSA) is 143 Å². The third-order valence-electron chi connectivity index (χ3n) is 14.4. The molecule has 3 aliphatic rings. The van der Waals surface area contributed by atoms with Crippen LogP contribution in [-0.2, 0) is 9.59 Å². The summed E-state index contributed by atoms with van der Waals surface area (Å²) in [5, 5.41) is 3.38. The minimum absolute atomic E-state index is 0.257. The number of aromatic nitrogens is 8. The van der Waals surface area contributed by atoms with E-state index in [0.717, 1.165) is 99.4 Å². The maximum Gasteiger partial charge on any atom is 0.186 e. The van der Waals surface area contributed by atoms with Gasteiger partial charge >= 0.3 is 0 Å². The van der Waals surface area contributed by atoms with Crippen molar-refractivity contribution in [2.45, 2.75) is 41.5 Å². The number of fused-ring (bicyclic) bond motifs is 20. The Balaban J connectivity index is 1.24. The van der Waals surface area contributed by atoms with E-state index in [2.05, 4.69) is 149 Å². The van der Waals surface area contributed by atoms with Crippen molar-refractivity contribution in [2.75, 3.05) is 0 Å². The first-order valence-corrected chi connectivity index (χ1v) is 24.0. The van der Waals surface area contributed by atoms with Gasteiger partial charge in [0.15, 0.2) is 34.9 Å². The van der Waals surface area contributed by atoms with Crippen LogP contribution in [0.15, 0.2) is 146 Å². The van der Waals surface area contributed by atoms with Gasteiger partial charge in [0.25, 0.3) is 0 Å². The molecule has 1 aliphatic carbocycles. The molecule has 0 fully saturated rings. The van der Waals surface area contributed by atoms with Crippen molar-refractivity contribution >= 4 is 61.3 Å². The predicted octanol–water partition coefficient (Wildman–Crippen LogP) is 13.8. The number of carbonyl (C=O) groups excluding carboxylic acids is 2. The fraction of sp³-hybridized carbons (Fsp3) is 0.0968. The van der Waals surface area contributed by atoms with Crippen LogP contribution in [-0.4, -0.2) is 51.4 Å². The lowest BCUT2D eigenvalue weighted by molar-refractivity contribution is -0.113. The molecular formula is C62H44N8O2. The Kier molecular flexibility index (Phi) is 9.60. The van der Waals surface area contributed by atoms with Gasteiger partial charge in [-0.2, -0.15) is 0 Å². The van der Waals surface area contributed by atoms with E-state index in [1.807, 2.05) is 30.3 Å². The number of allylic oxidation sites excluding steroid dienone is 4. The number of carbonyl (C=O) groups is 2. The van der Waals surface area contributed by atoms with Gasteiger partial charge < -0.3 is 9.97 Å². The summed E-state index contributed by atoms with van der Waals surface area (Å²) in [6, 6.07) is 43.4. The highest BCUT2D eigenvalue weighted by atomic mass is 16.1. The van der Waals surface area contributed by atoms with E-state index in [0.29, 0.717) is 62.6 Å². The minimum Gasteiger partial charge on any atom is -0.324 e. The lowest BCUT2D eigenvalue weighted by Gasteiger charge is -2.13. The summed E-state index contributed by atoms with van der Waals surface area (Å²) in [5.41, 5.74) is 19.0. The van der Waals surface area contributed by atoms with Crippen molar-refractivity contribution in [3.63, 3.8) is 0 Å². The Morgan fingerprint density at radius 1 is 0.333 bits per heavy atom. The number of hydrogen-bond acceptors (Lipinski definition) is 8. The minimum atomic E-state index is -0.287. The van der Waals surface area contributed by atoms with Gasteiger partial charge in [-0.3, -0.25) is 9.59 Å². The molecule has 2 N–H and O–H groups in total. The number of benzene rings is 7. The largest absolute Gasteiger partial charge is 0.324 e. The molecule has 7 aromatic carbocycles. The molecule has 344 valence electrons. The number of H-pyrrole nitrogens is 2. The molecule has 72 heavy (non-hydrogen) atoms. The second kappa shape index (κ2) is 16.1. The van der Waals surface area contributed by atoms with E-state index in [1.165, 1.54) is 18.2 Å². The summed E-state index contributed by atoms with van der Waals surface area (Å²) in [5.74, 6) is 1.14. The lowest BCUT2D eigenvalue weighted by atomic mass is 9.90. The molecule has 0 spiro atoms. The van der Waals surface area contributed by atoms with E-state index in [1.54, 1.807) is 0 Å². The first-order chi connectivity index (χ1) is 35.0. The highest BCUT2D eigenvalue weighted by Crippen LogP contribution is 2.46. The van der Waals surface area contributed by atoms with Gasteiger partial charge in [-0.25, -0.2) is 29.9 Å². The highest BCUT2D eigenvalue weighted by molar-refractivity contribution is 6.35. The van der Waals surface area contributed by atoms with Gasteiger partial charge in [0.2, 0.25) is 0 Å². The van der Waals surface area contributed by atoms with Crippen LogP contribution < -0.4 is 0 Å². The fourth-order valence-electron chi connectivity index (χ4n) is 11.3. The van der Waals surface area contributed by atoms with Crippen molar-refractivity contribution in [3.05, 3.63) is 185 Å². The third kappa shape index (κ3) is 6.56. The van der Waals surface area contributed by atoms with Crippen LogP contribution in [0.25, 0.3) is 129 Å². The Morgan fingerprint density at radius 3 is 1.17 bits per heavy atom. The highest BCUT2D eigenvalue weighted by Gasteiger charge is 2.30. The van der Waals surface area contributed by atoms with Crippen LogP contribution in [0.1, 0.15) is 38.9 Å². The van der Waals surface area contributed by atoms with Crippen LogP contribution in [0.4, 0.5) is 0 Å². The number of nitrogens with one attached hydrogen (secondary N) is 2. The molecule has 0 radical (unpaired) electrons. The molecule has 13 rings (SSSR count). The standard InChI is InChI=1S/C62H44N8O2/c1-31-14-7-15-32(2)48(31)39-21-11-25-43-52(39)61-66-56(43)64-59-51-38(46-30-37(71)28-29-47(46)72)20-10-24-42(51)55(63-59)65-60-53-40(49-33(3)16-8-17-34(49)4)22-12-26-44(53)57(67-60)69-62-54-41(50-35(5)18-9-19-36(50)6)23-13-27-45(54)58(68-61)70-62/h7-30H,1-6H3,(H2,63,64,65,66,67,68,69,70). The average Bonchev–Trinajstić information content (AvgIpc) is 4.11. The van der Waals surface area contributed by atoms with Crippen molar-refractivity contribution in [1.82, 2.24) is 39.9 Å². The molecule has 0 saturated carbocycles. The maximum absolute atomic E-state index is 13.7. The van der Waals surface area contributed by atoms with Crippen molar-refractivity contribution in [2.24, 2.45) is 0 Å². The molecule has 10 aromatic rings. The fourth-order valence-corrected chi connectivity index (χ4v) is 11.3. The molecule has 5 heterocycles. The summed E-state index contributed by atoms with van der Waals surface area (Å²) in [6.07, 6.45) is 4.00. The zero-order valence-corrected chi connectivity index (χ0v) is 40.4. The van der Waals surface area contributed by atoms with Crippen LogP contribution in [0.2, 0.25) is 0 Å². The molecular weight excluding hydrogens is 889 g/mol. The zero-order chi connectivity index (χ0) is 49.1. The van der Waals surface area contributed by atoms with Gasteiger partial charge in [0.05, 0.1) is 0 Å². The molecule has 10 heteroatoms. The maximum atomic E-state index is 13.7. The van der Waals surface area contributed by atoms with Gasteiger partial charge in [-0.1, -0.05) is 127 Å². The normalized spacial score (nSPS) is 12.9. The van der Waals surface area contributed by atoms with E-state index < -0.39 is 0 Å². The monoisotopic (exact) mass is 932 g/mol. The first-order valence-electron chi connectivity index (χ1n) is 24.0. The van der Waals surface area contributed by atoms with E-state index in [4.69, 9.17) is 29.9 Å². The molecule has 0 saturated heterocycles. The summed E-state index contributed by atoms with van der Waals surface area (Å²) in [7, 11) is 0. The number of aryl methyl sites for hydroxylation is 6. The molecule has 3 aromatic heterocycles. The number of ketones is 2. The number of aromatic amines is 2. The molecule has 0 atom stereocenters.